The van der Waals surface area contributed by atoms with Crippen molar-refractivity contribution in [3.05, 3.63) is 218 Å². The van der Waals surface area contributed by atoms with Gasteiger partial charge in [0.1, 0.15) is 0 Å². The molecule has 0 N–H and O–H groups in total. The van der Waals surface area contributed by atoms with Crippen molar-refractivity contribution < 1.29 is 0 Å². The number of anilines is 3. The molecule has 0 bridgehead atoms. The maximum Gasteiger partial charge on any atom is 0.0547 e. The summed E-state index contributed by atoms with van der Waals surface area (Å²) in [5.74, 6) is 0. The van der Waals surface area contributed by atoms with Gasteiger partial charge in [-0.2, -0.15) is 0 Å². The summed E-state index contributed by atoms with van der Waals surface area (Å²) >= 11 is 1.86. The predicted octanol–water partition coefficient (Wildman–Crippen LogP) is 16.3. The van der Waals surface area contributed by atoms with Crippen molar-refractivity contribution in [3.63, 3.8) is 0 Å². The Kier molecular flexibility index (Phi) is 7.75. The molecule has 2 nitrogen and oxygen atoms in total. The van der Waals surface area contributed by atoms with Crippen molar-refractivity contribution >= 4 is 91.9 Å². The fourth-order valence-corrected chi connectivity index (χ4v) is 10.4. The summed E-state index contributed by atoms with van der Waals surface area (Å²) in [6, 6.07) is 79.9. The van der Waals surface area contributed by atoms with Gasteiger partial charge in [-0.15, -0.1) is 11.3 Å². The second-order valence-corrected chi connectivity index (χ2v) is 16.4. The normalized spacial score (nSPS) is 11.7. The Hall–Kier alpha value is -7.46. The zero-order valence-electron chi connectivity index (χ0n) is 32.1. The molecule has 10 aromatic carbocycles. The Balaban J connectivity index is 0.955. The van der Waals surface area contributed by atoms with Crippen LogP contribution >= 0.6 is 11.3 Å². The third-order valence-electron chi connectivity index (χ3n) is 12.0. The maximum absolute atomic E-state index is 2.42. The molecule has 0 fully saturated rings. The highest BCUT2D eigenvalue weighted by Gasteiger charge is 2.18. The third-order valence-corrected chi connectivity index (χ3v) is 13.1. The predicted molar refractivity (Wildman–Crippen MR) is 254 cm³/mol. The van der Waals surface area contributed by atoms with Crippen LogP contribution < -0.4 is 4.90 Å². The highest BCUT2D eigenvalue weighted by Crippen LogP contribution is 2.42. The quantitative estimate of drug-likeness (QED) is 0.164. The molecule has 2 heterocycles. The van der Waals surface area contributed by atoms with Gasteiger partial charge in [-0.25, -0.2) is 0 Å². The topological polar surface area (TPSA) is 8.17 Å². The van der Waals surface area contributed by atoms with Crippen LogP contribution in [0.5, 0.6) is 0 Å². The summed E-state index contributed by atoms with van der Waals surface area (Å²) in [5.41, 5.74) is 11.7. The first-order valence-corrected chi connectivity index (χ1v) is 21.0. The minimum Gasteiger partial charge on any atom is -0.310 e. The average Bonchev–Trinajstić information content (AvgIpc) is 3.85. The molecule has 0 atom stereocenters. The molecule has 2 aromatic heterocycles. The van der Waals surface area contributed by atoms with Crippen LogP contribution in [0, 0.1) is 0 Å². The monoisotopic (exact) mass is 768 g/mol. The first-order valence-electron chi connectivity index (χ1n) is 20.2. The first kappa shape index (κ1) is 33.7. The van der Waals surface area contributed by atoms with Gasteiger partial charge in [0, 0.05) is 53.7 Å². The lowest BCUT2D eigenvalue weighted by Crippen LogP contribution is -2.09. The zero-order valence-corrected chi connectivity index (χ0v) is 32.9. The highest BCUT2D eigenvalue weighted by atomic mass is 32.1. The molecule has 12 rings (SSSR count). The molecule has 0 amide bonds. The van der Waals surface area contributed by atoms with Gasteiger partial charge in [-0.05, 0) is 111 Å². The summed E-state index contributed by atoms with van der Waals surface area (Å²) in [7, 11) is 0. The highest BCUT2D eigenvalue weighted by molar-refractivity contribution is 7.25. The SMILES string of the molecule is c1cc(-c2ccc(N(c3ccc(-c4cccc5ccccc45)cc3)c3ccc4c(c3)sc3ccccc34)cc2)cc(-n2c3ccccc3c3c4ccccc4ccc32)c1. The standard InChI is InChI=1S/C56H36N2S/c1-3-16-46-38(11-1)13-10-20-47(46)40-25-30-43(31-26-40)57(45-32-33-50-49-18-6-8-22-54(49)59-55(50)36-45)42-28-23-37(24-29-42)41-14-9-15-44(35-41)58-52-21-7-5-19-51(52)56-48-17-4-2-12-39(48)27-34-53(56)58/h1-36H. The molecule has 0 spiro atoms. The van der Waals surface area contributed by atoms with Crippen molar-refractivity contribution in [2.45, 2.75) is 0 Å². The lowest BCUT2D eigenvalue weighted by atomic mass is 9.98. The van der Waals surface area contributed by atoms with Crippen LogP contribution in [-0.4, -0.2) is 4.57 Å². The van der Waals surface area contributed by atoms with Gasteiger partial charge in [0.05, 0.1) is 11.0 Å². The molecule has 0 saturated heterocycles. The van der Waals surface area contributed by atoms with Crippen molar-refractivity contribution in [1.82, 2.24) is 4.57 Å². The molecule has 0 aliphatic heterocycles. The van der Waals surface area contributed by atoms with E-state index in [1.807, 2.05) is 11.3 Å². The van der Waals surface area contributed by atoms with E-state index in [1.54, 1.807) is 0 Å². The van der Waals surface area contributed by atoms with Crippen LogP contribution in [0.25, 0.3) is 91.5 Å². The lowest BCUT2D eigenvalue weighted by molar-refractivity contribution is 1.18. The molecule has 0 aliphatic rings. The van der Waals surface area contributed by atoms with Crippen LogP contribution in [0.3, 0.4) is 0 Å². The maximum atomic E-state index is 2.42. The molecule has 0 saturated carbocycles. The van der Waals surface area contributed by atoms with Crippen molar-refractivity contribution in [2.75, 3.05) is 4.90 Å². The summed E-state index contributed by atoms with van der Waals surface area (Å²) in [6.45, 7) is 0. The number of hydrogen-bond donors (Lipinski definition) is 0. The average molecular weight is 769 g/mol. The molecule has 12 aromatic rings. The smallest absolute Gasteiger partial charge is 0.0547 e. The summed E-state index contributed by atoms with van der Waals surface area (Å²) < 4.78 is 5.02. The van der Waals surface area contributed by atoms with E-state index in [2.05, 4.69) is 228 Å². The van der Waals surface area contributed by atoms with E-state index in [1.165, 1.54) is 85.8 Å². The molecule has 276 valence electrons. The van der Waals surface area contributed by atoms with Crippen LogP contribution in [0.4, 0.5) is 17.1 Å². The minimum absolute atomic E-state index is 1.11. The van der Waals surface area contributed by atoms with E-state index in [0.717, 1.165) is 22.7 Å². The van der Waals surface area contributed by atoms with E-state index in [0.29, 0.717) is 0 Å². The van der Waals surface area contributed by atoms with Gasteiger partial charge in [0.25, 0.3) is 0 Å². The van der Waals surface area contributed by atoms with Gasteiger partial charge >= 0.3 is 0 Å². The Morgan fingerprint density at radius 3 is 1.76 bits per heavy atom. The van der Waals surface area contributed by atoms with Gasteiger partial charge < -0.3 is 9.47 Å². The number of fused-ring (bicyclic) bond motifs is 9. The number of thiophene rings is 1. The van der Waals surface area contributed by atoms with Crippen LogP contribution in [0.1, 0.15) is 0 Å². The number of rotatable bonds is 6. The number of para-hydroxylation sites is 1. The second-order valence-electron chi connectivity index (χ2n) is 15.3. The molecule has 0 radical (unpaired) electrons. The van der Waals surface area contributed by atoms with Crippen molar-refractivity contribution in [2.24, 2.45) is 0 Å². The summed E-state index contributed by atoms with van der Waals surface area (Å²) in [5, 5.41) is 10.2. The number of benzene rings is 10. The Bertz CT molecular complexity index is 3550. The van der Waals surface area contributed by atoms with Crippen LogP contribution in [0.2, 0.25) is 0 Å². The molecule has 59 heavy (non-hydrogen) atoms. The second kappa shape index (κ2) is 13.6. The first-order chi connectivity index (χ1) is 29.2. The molecular weight excluding hydrogens is 733 g/mol. The van der Waals surface area contributed by atoms with Crippen LogP contribution in [0.15, 0.2) is 218 Å². The molecule has 3 heteroatoms. The van der Waals surface area contributed by atoms with E-state index in [4.69, 9.17) is 0 Å². The van der Waals surface area contributed by atoms with E-state index in [-0.39, 0.29) is 0 Å². The fraction of sp³-hybridized carbons (Fsp3) is 0. The molecule has 0 unspecified atom stereocenters. The van der Waals surface area contributed by atoms with Gasteiger partial charge in [-0.1, -0.05) is 152 Å². The minimum atomic E-state index is 1.11. The van der Waals surface area contributed by atoms with Crippen molar-refractivity contribution in [1.29, 1.82) is 0 Å². The number of nitrogens with zero attached hydrogens (tertiary/aromatic N) is 2. The lowest BCUT2D eigenvalue weighted by Gasteiger charge is -2.26. The Morgan fingerprint density at radius 2 is 0.949 bits per heavy atom. The number of hydrogen-bond acceptors (Lipinski definition) is 2. The Labute approximate surface area is 346 Å². The van der Waals surface area contributed by atoms with E-state index in [9.17, 15) is 0 Å². The third kappa shape index (κ3) is 5.55. The van der Waals surface area contributed by atoms with E-state index < -0.39 is 0 Å². The van der Waals surface area contributed by atoms with Gasteiger partial charge in [0.15, 0.2) is 0 Å². The molecular formula is C56H36N2S. The Morgan fingerprint density at radius 1 is 0.339 bits per heavy atom. The largest absolute Gasteiger partial charge is 0.310 e. The van der Waals surface area contributed by atoms with Crippen LogP contribution in [-0.2, 0) is 0 Å². The zero-order chi connectivity index (χ0) is 38.9. The van der Waals surface area contributed by atoms with Gasteiger partial charge in [-0.3, -0.25) is 0 Å². The fourth-order valence-electron chi connectivity index (χ4n) is 9.21. The molecule has 0 aliphatic carbocycles. The number of aromatic nitrogens is 1. The summed E-state index contributed by atoms with van der Waals surface area (Å²) in [6.07, 6.45) is 0. The van der Waals surface area contributed by atoms with E-state index >= 15 is 0 Å². The van der Waals surface area contributed by atoms with Gasteiger partial charge in [0.2, 0.25) is 0 Å². The van der Waals surface area contributed by atoms with Crippen molar-refractivity contribution in [3.8, 4) is 27.9 Å². The summed E-state index contributed by atoms with van der Waals surface area (Å²) in [4.78, 5) is 2.39.